The van der Waals surface area contributed by atoms with E-state index < -0.39 is 12.0 Å². The first-order valence-corrected chi connectivity index (χ1v) is 5.90. The molecule has 0 saturated carbocycles. The summed E-state index contributed by atoms with van der Waals surface area (Å²) in [4.78, 5) is 12.9. The Morgan fingerprint density at radius 2 is 2.35 bits per heavy atom. The smallest absolute Gasteiger partial charge is 0.320 e. The third kappa shape index (κ3) is 2.70. The van der Waals surface area contributed by atoms with Gasteiger partial charge in [0.2, 0.25) is 0 Å². The topological polar surface area (TPSA) is 52.6 Å². The number of nitrogens with zero attached hydrogens (tertiary/aromatic N) is 1. The summed E-state index contributed by atoms with van der Waals surface area (Å²) in [6.45, 7) is 0.681. The molecule has 2 rings (SSSR count). The lowest BCUT2D eigenvalue weighted by Crippen LogP contribution is -2.33. The zero-order chi connectivity index (χ0) is 12.4. The minimum atomic E-state index is -0.785. The highest BCUT2D eigenvalue weighted by Crippen LogP contribution is 2.23. The number of hydrogen-bond donors (Lipinski definition) is 2. The zero-order valence-corrected chi connectivity index (χ0v) is 10.3. The van der Waals surface area contributed by atoms with Crippen molar-refractivity contribution in [3.63, 3.8) is 0 Å². The van der Waals surface area contributed by atoms with E-state index in [-0.39, 0.29) is 6.04 Å². The number of carboxylic acid groups (broad SMARTS) is 1. The molecular weight excluding hydrogens is 240 g/mol. The third-order valence-corrected chi connectivity index (χ3v) is 3.40. The van der Waals surface area contributed by atoms with Gasteiger partial charge in [0.05, 0.1) is 0 Å². The Hall–Kier alpha value is -1.26. The maximum absolute atomic E-state index is 10.9. The fourth-order valence-electron chi connectivity index (χ4n) is 2.11. The molecule has 2 N–H and O–H groups in total. The van der Waals surface area contributed by atoms with Gasteiger partial charge in [0, 0.05) is 30.3 Å². The zero-order valence-electron chi connectivity index (χ0n) is 9.56. The average molecular weight is 255 g/mol. The molecule has 0 aromatic heterocycles. The fraction of sp³-hybridized carbons (Fsp3) is 0.417. The summed E-state index contributed by atoms with van der Waals surface area (Å²) in [7, 11) is 1.96. The van der Waals surface area contributed by atoms with Crippen LogP contribution in [0, 0.1) is 0 Å². The number of halogens is 1. The van der Waals surface area contributed by atoms with Gasteiger partial charge in [0.25, 0.3) is 0 Å². The molecule has 1 aromatic carbocycles. The SMILES string of the molecule is CN(c1cccc(Cl)c1)C1CN[C@H](C(=O)O)C1. The van der Waals surface area contributed by atoms with Gasteiger partial charge >= 0.3 is 5.97 Å². The molecular formula is C12H15ClN2O2. The molecule has 0 amide bonds. The van der Waals surface area contributed by atoms with Gasteiger partial charge in [-0.05, 0) is 24.6 Å². The highest BCUT2D eigenvalue weighted by atomic mass is 35.5. The molecule has 0 spiro atoms. The van der Waals surface area contributed by atoms with E-state index >= 15 is 0 Å². The van der Waals surface area contributed by atoms with Crippen molar-refractivity contribution in [3.05, 3.63) is 29.3 Å². The van der Waals surface area contributed by atoms with Crippen molar-refractivity contribution in [1.29, 1.82) is 0 Å². The van der Waals surface area contributed by atoms with Crippen LogP contribution in [0.25, 0.3) is 0 Å². The van der Waals surface area contributed by atoms with Gasteiger partial charge in [0.1, 0.15) is 6.04 Å². The van der Waals surface area contributed by atoms with Crippen LogP contribution >= 0.6 is 11.6 Å². The first-order valence-electron chi connectivity index (χ1n) is 5.52. The maximum Gasteiger partial charge on any atom is 0.320 e. The second-order valence-corrected chi connectivity index (χ2v) is 4.72. The minimum Gasteiger partial charge on any atom is -0.480 e. The molecule has 2 atom stereocenters. The van der Waals surface area contributed by atoms with Gasteiger partial charge < -0.3 is 15.3 Å². The molecule has 0 bridgehead atoms. The summed E-state index contributed by atoms with van der Waals surface area (Å²) >= 11 is 5.94. The van der Waals surface area contributed by atoms with E-state index in [4.69, 9.17) is 16.7 Å². The van der Waals surface area contributed by atoms with Crippen LogP contribution in [-0.2, 0) is 4.79 Å². The maximum atomic E-state index is 10.9. The standard InChI is InChI=1S/C12H15ClN2O2/c1-15(9-4-2-3-8(13)5-9)10-6-11(12(16)17)14-7-10/h2-5,10-11,14H,6-7H2,1H3,(H,16,17)/t10?,11-/m0/s1. The Kier molecular flexibility index (Phi) is 3.54. The number of anilines is 1. The molecule has 17 heavy (non-hydrogen) atoms. The lowest BCUT2D eigenvalue weighted by Gasteiger charge is -2.26. The van der Waals surface area contributed by atoms with Crippen LogP contribution in [0.2, 0.25) is 5.02 Å². The van der Waals surface area contributed by atoms with E-state index in [0.717, 1.165) is 5.69 Å². The summed E-state index contributed by atoms with van der Waals surface area (Å²) in [5.41, 5.74) is 1.01. The summed E-state index contributed by atoms with van der Waals surface area (Å²) in [6.07, 6.45) is 0.609. The molecule has 1 fully saturated rings. The van der Waals surface area contributed by atoms with Crippen LogP contribution in [0.3, 0.4) is 0 Å². The van der Waals surface area contributed by atoms with Gasteiger partial charge in [0.15, 0.2) is 0 Å². The predicted octanol–water partition coefficient (Wildman–Crippen LogP) is 1.59. The predicted molar refractivity (Wildman–Crippen MR) is 67.7 cm³/mol. The highest BCUT2D eigenvalue weighted by molar-refractivity contribution is 6.30. The van der Waals surface area contributed by atoms with Crippen LogP contribution in [0.4, 0.5) is 5.69 Å². The number of hydrogen-bond acceptors (Lipinski definition) is 3. The summed E-state index contributed by atoms with van der Waals surface area (Å²) in [6, 6.07) is 7.32. The number of nitrogens with one attached hydrogen (secondary N) is 1. The van der Waals surface area contributed by atoms with Gasteiger partial charge in [-0.15, -0.1) is 0 Å². The quantitative estimate of drug-likeness (QED) is 0.860. The van der Waals surface area contributed by atoms with E-state index in [9.17, 15) is 4.79 Å². The Balaban J connectivity index is 2.06. The van der Waals surface area contributed by atoms with E-state index in [1.807, 2.05) is 31.3 Å². The van der Waals surface area contributed by atoms with E-state index in [1.165, 1.54) is 0 Å². The Morgan fingerprint density at radius 1 is 1.59 bits per heavy atom. The van der Waals surface area contributed by atoms with Crippen LogP contribution in [-0.4, -0.2) is 36.8 Å². The summed E-state index contributed by atoms with van der Waals surface area (Å²) < 4.78 is 0. The molecule has 1 aliphatic heterocycles. The van der Waals surface area contributed by atoms with E-state index in [0.29, 0.717) is 18.0 Å². The molecule has 92 valence electrons. The molecule has 4 nitrogen and oxygen atoms in total. The third-order valence-electron chi connectivity index (χ3n) is 3.17. The van der Waals surface area contributed by atoms with E-state index in [1.54, 1.807) is 0 Å². The molecule has 1 saturated heterocycles. The molecule has 1 unspecified atom stereocenters. The summed E-state index contributed by atoms with van der Waals surface area (Å²) in [5.74, 6) is -0.785. The van der Waals surface area contributed by atoms with Crippen molar-refractivity contribution < 1.29 is 9.90 Å². The average Bonchev–Trinajstić information content (AvgIpc) is 2.77. The van der Waals surface area contributed by atoms with Crippen molar-refractivity contribution in [2.75, 3.05) is 18.5 Å². The fourth-order valence-corrected chi connectivity index (χ4v) is 2.29. The number of likely N-dealkylation sites (N-methyl/N-ethyl adjacent to an activating group) is 1. The second kappa shape index (κ2) is 4.94. The number of benzene rings is 1. The lowest BCUT2D eigenvalue weighted by atomic mass is 10.1. The van der Waals surface area contributed by atoms with E-state index in [2.05, 4.69) is 10.2 Å². The Labute approximate surface area is 105 Å². The first kappa shape index (κ1) is 12.2. The largest absolute Gasteiger partial charge is 0.480 e. The second-order valence-electron chi connectivity index (χ2n) is 4.28. The normalized spacial score (nSPS) is 23.6. The van der Waals surface area contributed by atoms with Gasteiger partial charge in [-0.3, -0.25) is 4.79 Å². The minimum absolute atomic E-state index is 0.189. The molecule has 1 aliphatic rings. The van der Waals surface area contributed by atoms with Crippen molar-refractivity contribution >= 4 is 23.3 Å². The molecule has 0 aliphatic carbocycles. The number of carbonyl (C=O) groups is 1. The van der Waals surface area contributed by atoms with Crippen molar-refractivity contribution in [3.8, 4) is 0 Å². The van der Waals surface area contributed by atoms with Crippen molar-refractivity contribution in [2.24, 2.45) is 0 Å². The monoisotopic (exact) mass is 254 g/mol. The molecule has 1 aromatic rings. The molecule has 1 heterocycles. The van der Waals surface area contributed by atoms with Gasteiger partial charge in [-0.2, -0.15) is 0 Å². The van der Waals surface area contributed by atoms with Crippen molar-refractivity contribution in [1.82, 2.24) is 5.32 Å². The Bertz CT molecular complexity index is 425. The molecule has 5 heteroatoms. The number of aliphatic carboxylic acids is 1. The van der Waals surface area contributed by atoms with Crippen LogP contribution in [0.15, 0.2) is 24.3 Å². The number of carboxylic acids is 1. The highest BCUT2D eigenvalue weighted by Gasteiger charge is 2.31. The van der Waals surface area contributed by atoms with Crippen LogP contribution < -0.4 is 10.2 Å². The van der Waals surface area contributed by atoms with Crippen LogP contribution in [0.1, 0.15) is 6.42 Å². The van der Waals surface area contributed by atoms with Crippen molar-refractivity contribution in [2.45, 2.75) is 18.5 Å². The van der Waals surface area contributed by atoms with Gasteiger partial charge in [-0.25, -0.2) is 0 Å². The van der Waals surface area contributed by atoms with Gasteiger partial charge in [-0.1, -0.05) is 17.7 Å². The lowest BCUT2D eigenvalue weighted by molar-refractivity contribution is -0.139. The van der Waals surface area contributed by atoms with Crippen LogP contribution in [0.5, 0.6) is 0 Å². The first-order chi connectivity index (χ1) is 8.08. The molecule has 0 radical (unpaired) electrons. The number of rotatable bonds is 3. The Morgan fingerprint density at radius 3 is 2.94 bits per heavy atom. The summed E-state index contributed by atoms with van der Waals surface area (Å²) in [5, 5.41) is 12.6.